The summed E-state index contributed by atoms with van der Waals surface area (Å²) in [5.74, 6) is 0.391. The molecule has 0 spiro atoms. The van der Waals surface area contributed by atoms with Gasteiger partial charge in [-0.05, 0) is 61.9 Å². The molecule has 6 rings (SSSR count). The molecule has 3 aromatic carbocycles. The Morgan fingerprint density at radius 2 is 1.18 bits per heavy atom. The van der Waals surface area contributed by atoms with E-state index in [2.05, 4.69) is 34.1 Å². The Kier molecular flexibility index (Phi) is 7.04. The van der Waals surface area contributed by atoms with Crippen molar-refractivity contribution in [3.05, 3.63) is 96.6 Å². The highest BCUT2D eigenvalue weighted by Gasteiger charge is 2.44. The van der Waals surface area contributed by atoms with E-state index in [-0.39, 0.29) is 24.1 Å². The van der Waals surface area contributed by atoms with Crippen LogP contribution in [-0.4, -0.2) is 65.0 Å². The number of rotatable bonds is 3. The van der Waals surface area contributed by atoms with Crippen molar-refractivity contribution in [3.8, 4) is 0 Å². The molecular formula is C32H36N4O2. The van der Waals surface area contributed by atoms with Crippen molar-refractivity contribution >= 4 is 23.4 Å². The molecule has 6 nitrogen and oxygen atoms in total. The third-order valence-electron chi connectivity index (χ3n) is 8.40. The van der Waals surface area contributed by atoms with Crippen LogP contribution in [0.25, 0.3) is 0 Å². The van der Waals surface area contributed by atoms with E-state index in [9.17, 15) is 9.59 Å². The minimum absolute atomic E-state index is 0.0199. The second kappa shape index (κ2) is 10.9. The Morgan fingerprint density at radius 3 is 1.76 bits per heavy atom. The first-order valence-electron chi connectivity index (χ1n) is 14.0. The predicted molar refractivity (Wildman–Crippen MR) is 151 cm³/mol. The van der Waals surface area contributed by atoms with Crippen LogP contribution < -0.4 is 4.90 Å². The third kappa shape index (κ3) is 4.87. The SMILES string of the molecule is O=C(N1C[C@H]2CCC[C@@H](C1)N2C(=O)N1CCCC(c2ccccc2)C1)N(c1ccccc1)c1ccccc1. The Hall–Kier alpha value is -3.80. The third-order valence-corrected chi connectivity index (χ3v) is 8.40. The fourth-order valence-corrected chi connectivity index (χ4v) is 6.55. The van der Waals surface area contributed by atoms with Crippen LogP contribution >= 0.6 is 0 Å². The summed E-state index contributed by atoms with van der Waals surface area (Å²) in [6, 6.07) is 30.6. The fraction of sp³-hybridized carbons (Fsp3) is 0.375. The van der Waals surface area contributed by atoms with Gasteiger partial charge in [-0.15, -0.1) is 0 Å². The van der Waals surface area contributed by atoms with E-state index in [1.165, 1.54) is 5.56 Å². The van der Waals surface area contributed by atoms with Gasteiger partial charge in [0.25, 0.3) is 0 Å². The quantitative estimate of drug-likeness (QED) is 0.406. The topological polar surface area (TPSA) is 47.1 Å². The lowest BCUT2D eigenvalue weighted by molar-refractivity contribution is 0.0188. The van der Waals surface area contributed by atoms with Gasteiger partial charge in [0.15, 0.2) is 0 Å². The van der Waals surface area contributed by atoms with E-state index >= 15 is 0 Å². The molecule has 3 fully saturated rings. The molecule has 38 heavy (non-hydrogen) atoms. The van der Waals surface area contributed by atoms with Crippen molar-refractivity contribution in [1.29, 1.82) is 0 Å². The van der Waals surface area contributed by atoms with Crippen LogP contribution in [-0.2, 0) is 0 Å². The number of piperazine rings is 1. The number of nitrogens with zero attached hydrogens (tertiary/aromatic N) is 4. The summed E-state index contributed by atoms with van der Waals surface area (Å²) in [7, 11) is 0. The molecule has 3 heterocycles. The molecule has 0 radical (unpaired) electrons. The van der Waals surface area contributed by atoms with Crippen molar-refractivity contribution in [1.82, 2.24) is 14.7 Å². The number of hydrogen-bond donors (Lipinski definition) is 0. The Bertz CT molecular complexity index is 1180. The van der Waals surface area contributed by atoms with Crippen LogP contribution in [0.4, 0.5) is 21.0 Å². The molecule has 196 valence electrons. The molecular weight excluding hydrogens is 472 g/mol. The Labute approximate surface area is 225 Å². The van der Waals surface area contributed by atoms with Gasteiger partial charge < -0.3 is 14.7 Å². The molecule has 3 aromatic rings. The summed E-state index contributed by atoms with van der Waals surface area (Å²) in [6.45, 7) is 2.74. The summed E-state index contributed by atoms with van der Waals surface area (Å²) in [6.07, 6.45) is 5.14. The van der Waals surface area contributed by atoms with Gasteiger partial charge >= 0.3 is 12.1 Å². The van der Waals surface area contributed by atoms with Crippen molar-refractivity contribution in [3.63, 3.8) is 0 Å². The average molecular weight is 509 g/mol. The predicted octanol–water partition coefficient (Wildman–Crippen LogP) is 6.48. The number of piperidine rings is 2. The minimum Gasteiger partial charge on any atom is -0.324 e. The lowest BCUT2D eigenvalue weighted by atomic mass is 9.89. The van der Waals surface area contributed by atoms with Crippen LogP contribution in [0, 0.1) is 0 Å². The molecule has 0 saturated carbocycles. The van der Waals surface area contributed by atoms with Crippen molar-refractivity contribution in [2.75, 3.05) is 31.1 Å². The highest BCUT2D eigenvalue weighted by molar-refractivity contribution is 5.99. The largest absolute Gasteiger partial charge is 0.329 e. The van der Waals surface area contributed by atoms with Gasteiger partial charge in [-0.2, -0.15) is 0 Å². The summed E-state index contributed by atoms with van der Waals surface area (Å²) >= 11 is 0. The maximum Gasteiger partial charge on any atom is 0.329 e. The van der Waals surface area contributed by atoms with E-state index in [1.807, 2.05) is 76.5 Å². The second-order valence-corrected chi connectivity index (χ2v) is 10.8. The standard InChI is InChI=1S/C32H36N4O2/c37-31(33-21-11-14-26(22-33)25-12-4-1-5-13-25)36-29-19-10-20-30(36)24-34(23-29)32(38)35(27-15-6-2-7-16-27)28-17-8-3-9-18-28/h1-9,12-13,15-18,26,29-30H,10-11,14,19-24H2/t26?,29-,30+. The van der Waals surface area contributed by atoms with Gasteiger partial charge in [-0.3, -0.25) is 4.90 Å². The Morgan fingerprint density at radius 1 is 0.632 bits per heavy atom. The molecule has 6 heteroatoms. The summed E-state index contributed by atoms with van der Waals surface area (Å²) < 4.78 is 0. The number of carbonyl (C=O) groups is 2. The van der Waals surface area contributed by atoms with E-state index < -0.39 is 0 Å². The molecule has 0 N–H and O–H groups in total. The number of fused-ring (bicyclic) bond motifs is 2. The maximum atomic E-state index is 14.0. The fourth-order valence-electron chi connectivity index (χ4n) is 6.55. The van der Waals surface area contributed by atoms with Crippen LogP contribution in [0.1, 0.15) is 43.6 Å². The van der Waals surface area contributed by atoms with Gasteiger partial charge in [0.1, 0.15) is 0 Å². The molecule has 1 unspecified atom stereocenters. The van der Waals surface area contributed by atoms with Crippen LogP contribution in [0.2, 0.25) is 0 Å². The van der Waals surface area contributed by atoms with E-state index in [0.717, 1.165) is 56.6 Å². The zero-order valence-corrected chi connectivity index (χ0v) is 21.9. The van der Waals surface area contributed by atoms with Crippen molar-refractivity contribution in [2.45, 2.75) is 50.1 Å². The second-order valence-electron chi connectivity index (χ2n) is 10.8. The lowest BCUT2D eigenvalue weighted by Gasteiger charge is -2.52. The highest BCUT2D eigenvalue weighted by Crippen LogP contribution is 2.34. The van der Waals surface area contributed by atoms with E-state index in [4.69, 9.17) is 0 Å². The number of anilines is 2. The number of urea groups is 2. The number of hydrogen-bond acceptors (Lipinski definition) is 2. The monoisotopic (exact) mass is 508 g/mol. The number of carbonyl (C=O) groups excluding carboxylic acids is 2. The lowest BCUT2D eigenvalue weighted by Crippen LogP contribution is -2.66. The minimum atomic E-state index is -0.0199. The molecule has 0 aromatic heterocycles. The molecule has 2 bridgehead atoms. The van der Waals surface area contributed by atoms with Gasteiger partial charge in [-0.25, -0.2) is 9.59 Å². The number of benzene rings is 3. The van der Waals surface area contributed by atoms with Crippen LogP contribution in [0.3, 0.4) is 0 Å². The number of likely N-dealkylation sites (tertiary alicyclic amines) is 2. The van der Waals surface area contributed by atoms with Gasteiger partial charge in [0, 0.05) is 32.1 Å². The average Bonchev–Trinajstić information content (AvgIpc) is 2.98. The molecule has 4 amide bonds. The van der Waals surface area contributed by atoms with E-state index in [1.54, 1.807) is 0 Å². The molecule has 3 aliphatic rings. The van der Waals surface area contributed by atoms with E-state index in [0.29, 0.717) is 19.0 Å². The first kappa shape index (κ1) is 24.5. The first-order chi connectivity index (χ1) is 18.7. The van der Waals surface area contributed by atoms with Gasteiger partial charge in [0.05, 0.1) is 23.5 Å². The molecule has 3 saturated heterocycles. The smallest absolute Gasteiger partial charge is 0.324 e. The highest BCUT2D eigenvalue weighted by atomic mass is 16.2. The van der Waals surface area contributed by atoms with Crippen LogP contribution in [0.15, 0.2) is 91.0 Å². The molecule has 0 aliphatic carbocycles. The maximum absolute atomic E-state index is 14.0. The van der Waals surface area contributed by atoms with Gasteiger partial charge in [0.2, 0.25) is 0 Å². The first-order valence-corrected chi connectivity index (χ1v) is 14.0. The van der Waals surface area contributed by atoms with Crippen molar-refractivity contribution in [2.24, 2.45) is 0 Å². The molecule has 3 aliphatic heterocycles. The van der Waals surface area contributed by atoms with Gasteiger partial charge in [-0.1, -0.05) is 66.7 Å². The normalized spacial score (nSPS) is 23.2. The summed E-state index contributed by atoms with van der Waals surface area (Å²) in [4.78, 5) is 36.0. The number of amides is 4. The zero-order chi connectivity index (χ0) is 25.9. The van der Waals surface area contributed by atoms with Crippen molar-refractivity contribution < 1.29 is 9.59 Å². The Balaban J connectivity index is 1.20. The summed E-state index contributed by atoms with van der Waals surface area (Å²) in [5.41, 5.74) is 3.03. The molecule has 3 atom stereocenters. The van der Waals surface area contributed by atoms with Crippen LogP contribution in [0.5, 0.6) is 0 Å². The number of para-hydroxylation sites is 2. The summed E-state index contributed by atoms with van der Waals surface area (Å²) in [5, 5.41) is 0. The zero-order valence-electron chi connectivity index (χ0n) is 21.9.